The summed E-state index contributed by atoms with van der Waals surface area (Å²) in [5, 5.41) is 0. The highest BCUT2D eigenvalue weighted by Crippen LogP contribution is 2.30. The van der Waals surface area contributed by atoms with Gasteiger partial charge in [-0.15, -0.1) is 0 Å². The first kappa shape index (κ1) is 12.0. The molecule has 0 spiro atoms. The molecule has 0 aliphatic carbocycles. The third kappa shape index (κ3) is 2.39. The number of aliphatic imine (C=N–C) groups is 1. The maximum absolute atomic E-state index is 5.92. The molecule has 2 aromatic rings. The van der Waals surface area contributed by atoms with Crippen LogP contribution in [0.3, 0.4) is 0 Å². The van der Waals surface area contributed by atoms with Gasteiger partial charge < -0.3 is 4.74 Å². The van der Waals surface area contributed by atoms with Crippen molar-refractivity contribution in [2.75, 3.05) is 0 Å². The van der Waals surface area contributed by atoms with E-state index in [0.717, 1.165) is 11.5 Å². The maximum atomic E-state index is 5.92. The molecule has 0 saturated heterocycles. The Kier molecular flexibility index (Phi) is 3.08. The molecule has 0 amide bonds. The summed E-state index contributed by atoms with van der Waals surface area (Å²) in [4.78, 5) is 4.75. The van der Waals surface area contributed by atoms with E-state index in [1.54, 1.807) is 0 Å². The molecule has 0 fully saturated rings. The van der Waals surface area contributed by atoms with E-state index in [1.165, 1.54) is 11.1 Å². The summed E-state index contributed by atoms with van der Waals surface area (Å²) in [6.07, 6.45) is 0.0814. The monoisotopic (exact) mass is 251 g/mol. The van der Waals surface area contributed by atoms with Crippen LogP contribution in [0.1, 0.15) is 29.7 Å². The van der Waals surface area contributed by atoms with Gasteiger partial charge in [-0.2, -0.15) is 0 Å². The number of nitrogens with zero attached hydrogens (tertiary/aromatic N) is 1. The molecule has 19 heavy (non-hydrogen) atoms. The molecular weight excluding hydrogens is 234 g/mol. The first-order chi connectivity index (χ1) is 9.24. The molecule has 2 aromatic carbocycles. The van der Waals surface area contributed by atoms with Crippen LogP contribution in [-0.2, 0) is 4.74 Å². The summed E-state index contributed by atoms with van der Waals surface area (Å²) in [5.41, 5.74) is 3.49. The molecule has 0 bridgehead atoms. The Morgan fingerprint density at radius 1 is 1.00 bits per heavy atom. The van der Waals surface area contributed by atoms with Crippen molar-refractivity contribution >= 4 is 5.90 Å². The van der Waals surface area contributed by atoms with Crippen LogP contribution in [0, 0.1) is 6.92 Å². The fourth-order valence-electron chi connectivity index (χ4n) is 2.42. The Balaban J connectivity index is 1.93. The van der Waals surface area contributed by atoms with Gasteiger partial charge in [-0.05, 0) is 31.5 Å². The van der Waals surface area contributed by atoms with E-state index in [0.29, 0.717) is 0 Å². The van der Waals surface area contributed by atoms with Crippen LogP contribution in [0.2, 0.25) is 0 Å². The average molecular weight is 251 g/mol. The Morgan fingerprint density at radius 2 is 1.79 bits per heavy atom. The van der Waals surface area contributed by atoms with Crippen molar-refractivity contribution in [3.63, 3.8) is 0 Å². The van der Waals surface area contributed by atoms with Crippen molar-refractivity contribution in [1.82, 2.24) is 0 Å². The normalized spacial score (nSPS) is 21.9. The molecule has 1 aliphatic rings. The predicted molar refractivity (Wildman–Crippen MR) is 77.4 cm³/mol. The summed E-state index contributed by atoms with van der Waals surface area (Å²) in [6.45, 7) is 4.15. The standard InChI is InChI=1S/C17H17NO/c1-12-7-6-10-15(11-12)17-18-16(13(2)19-17)14-8-4-3-5-9-14/h3-11,13,16H,1-2H3. The average Bonchev–Trinajstić information content (AvgIpc) is 2.82. The van der Waals surface area contributed by atoms with Crippen LogP contribution in [0.25, 0.3) is 0 Å². The van der Waals surface area contributed by atoms with Crippen LogP contribution in [0.4, 0.5) is 0 Å². The zero-order chi connectivity index (χ0) is 13.2. The van der Waals surface area contributed by atoms with Gasteiger partial charge in [0.15, 0.2) is 0 Å². The van der Waals surface area contributed by atoms with E-state index in [-0.39, 0.29) is 12.1 Å². The van der Waals surface area contributed by atoms with Crippen LogP contribution in [-0.4, -0.2) is 12.0 Å². The Labute approximate surface area is 113 Å². The van der Waals surface area contributed by atoms with Gasteiger partial charge in [0.05, 0.1) is 0 Å². The van der Waals surface area contributed by atoms with Gasteiger partial charge in [-0.3, -0.25) is 0 Å². The van der Waals surface area contributed by atoms with Gasteiger partial charge in [0, 0.05) is 5.56 Å². The summed E-state index contributed by atoms with van der Waals surface area (Å²) >= 11 is 0. The molecule has 0 radical (unpaired) electrons. The highest BCUT2D eigenvalue weighted by Gasteiger charge is 2.28. The molecule has 3 rings (SSSR count). The molecule has 1 aliphatic heterocycles. The zero-order valence-corrected chi connectivity index (χ0v) is 11.2. The van der Waals surface area contributed by atoms with Gasteiger partial charge in [0.1, 0.15) is 12.1 Å². The second kappa shape index (κ2) is 4.88. The van der Waals surface area contributed by atoms with E-state index in [4.69, 9.17) is 9.73 Å². The maximum Gasteiger partial charge on any atom is 0.217 e. The van der Waals surface area contributed by atoms with Gasteiger partial charge in [0.2, 0.25) is 5.90 Å². The quantitative estimate of drug-likeness (QED) is 0.793. The first-order valence-corrected chi connectivity index (χ1v) is 6.60. The van der Waals surface area contributed by atoms with Gasteiger partial charge in [-0.1, -0.05) is 48.0 Å². The lowest BCUT2D eigenvalue weighted by Crippen LogP contribution is -2.12. The van der Waals surface area contributed by atoms with E-state index in [2.05, 4.69) is 38.1 Å². The van der Waals surface area contributed by atoms with E-state index in [9.17, 15) is 0 Å². The third-order valence-electron chi connectivity index (χ3n) is 3.40. The molecule has 1 heterocycles. The highest BCUT2D eigenvalue weighted by atomic mass is 16.5. The van der Waals surface area contributed by atoms with Crippen molar-refractivity contribution < 1.29 is 4.74 Å². The lowest BCUT2D eigenvalue weighted by molar-refractivity contribution is 0.214. The minimum atomic E-state index is 0.0814. The summed E-state index contributed by atoms with van der Waals surface area (Å²) in [5.74, 6) is 0.755. The minimum Gasteiger partial charge on any atom is -0.472 e. The van der Waals surface area contributed by atoms with Crippen LogP contribution in [0.5, 0.6) is 0 Å². The summed E-state index contributed by atoms with van der Waals surface area (Å²) in [7, 11) is 0. The van der Waals surface area contributed by atoms with Crippen LogP contribution in [0.15, 0.2) is 59.6 Å². The largest absolute Gasteiger partial charge is 0.472 e. The highest BCUT2D eigenvalue weighted by molar-refractivity contribution is 5.95. The van der Waals surface area contributed by atoms with Gasteiger partial charge >= 0.3 is 0 Å². The molecule has 2 unspecified atom stereocenters. The zero-order valence-electron chi connectivity index (χ0n) is 11.2. The first-order valence-electron chi connectivity index (χ1n) is 6.60. The fraction of sp³-hybridized carbons (Fsp3) is 0.235. The fourth-order valence-corrected chi connectivity index (χ4v) is 2.42. The topological polar surface area (TPSA) is 21.6 Å². The second-order valence-electron chi connectivity index (χ2n) is 4.98. The van der Waals surface area contributed by atoms with Crippen molar-refractivity contribution in [2.45, 2.75) is 26.0 Å². The summed E-state index contributed by atoms with van der Waals surface area (Å²) < 4.78 is 5.92. The molecule has 2 atom stereocenters. The van der Waals surface area contributed by atoms with Crippen molar-refractivity contribution in [1.29, 1.82) is 0 Å². The van der Waals surface area contributed by atoms with Crippen LogP contribution >= 0.6 is 0 Å². The molecular formula is C17H17NO. The van der Waals surface area contributed by atoms with Crippen molar-refractivity contribution in [2.24, 2.45) is 4.99 Å². The predicted octanol–water partition coefficient (Wildman–Crippen LogP) is 3.90. The lowest BCUT2D eigenvalue weighted by atomic mass is 10.0. The van der Waals surface area contributed by atoms with E-state index < -0.39 is 0 Å². The molecule has 0 aromatic heterocycles. The van der Waals surface area contributed by atoms with Crippen molar-refractivity contribution in [3.8, 4) is 0 Å². The molecule has 0 N–H and O–H groups in total. The number of rotatable bonds is 2. The number of hydrogen-bond acceptors (Lipinski definition) is 2. The summed E-state index contributed by atoms with van der Waals surface area (Å²) in [6, 6.07) is 18.7. The lowest BCUT2D eigenvalue weighted by Gasteiger charge is -2.12. The smallest absolute Gasteiger partial charge is 0.217 e. The number of ether oxygens (including phenoxy) is 1. The Bertz CT molecular complexity index is 604. The minimum absolute atomic E-state index is 0.0814. The second-order valence-corrected chi connectivity index (χ2v) is 4.98. The van der Waals surface area contributed by atoms with E-state index in [1.807, 2.05) is 30.3 Å². The molecule has 2 nitrogen and oxygen atoms in total. The molecule has 96 valence electrons. The van der Waals surface area contributed by atoms with E-state index >= 15 is 0 Å². The van der Waals surface area contributed by atoms with Crippen LogP contribution < -0.4 is 0 Å². The van der Waals surface area contributed by atoms with Crippen molar-refractivity contribution in [3.05, 3.63) is 71.3 Å². The van der Waals surface area contributed by atoms with Gasteiger partial charge in [-0.25, -0.2) is 4.99 Å². The number of hydrogen-bond donors (Lipinski definition) is 0. The third-order valence-corrected chi connectivity index (χ3v) is 3.40. The van der Waals surface area contributed by atoms with Gasteiger partial charge in [0.25, 0.3) is 0 Å². The number of benzene rings is 2. The number of aryl methyl sites for hydroxylation is 1. The Hall–Kier alpha value is -2.09. The SMILES string of the molecule is Cc1cccc(C2=NC(c3ccccc3)C(C)O2)c1. The molecule has 2 heteroatoms. The Morgan fingerprint density at radius 3 is 2.53 bits per heavy atom. The molecule has 0 saturated carbocycles.